The van der Waals surface area contributed by atoms with Crippen molar-refractivity contribution >= 4 is 5.91 Å². The first-order valence-electron chi connectivity index (χ1n) is 9.54. The third-order valence-corrected chi connectivity index (χ3v) is 4.51. The van der Waals surface area contributed by atoms with Crippen LogP contribution < -0.4 is 0 Å². The topological polar surface area (TPSA) is 62.5 Å². The molecule has 0 saturated heterocycles. The molecule has 3 rings (SSSR count). The molecule has 0 aliphatic rings. The van der Waals surface area contributed by atoms with E-state index in [9.17, 15) is 9.18 Å². The molecule has 6 nitrogen and oxygen atoms in total. The number of rotatable bonds is 9. The predicted octanol–water partition coefficient (Wildman–Crippen LogP) is 3.40. The average Bonchev–Trinajstić information content (AvgIpc) is 3.19. The first-order valence-corrected chi connectivity index (χ1v) is 9.54. The molecular weight excluding hydrogens is 371 g/mol. The number of hydrogen-bond acceptors (Lipinski definition) is 5. The number of benzene rings is 1. The Kier molecular flexibility index (Phi) is 7.08. The smallest absolute Gasteiger partial charge is 0.223 e. The molecule has 152 valence electrons. The molecule has 7 heteroatoms. The van der Waals surface area contributed by atoms with Gasteiger partial charge in [0, 0.05) is 44.9 Å². The van der Waals surface area contributed by atoms with E-state index in [1.54, 1.807) is 30.6 Å². The number of pyridine rings is 1. The summed E-state index contributed by atoms with van der Waals surface area (Å²) in [4.78, 5) is 25.0. The first kappa shape index (κ1) is 20.7. The summed E-state index contributed by atoms with van der Waals surface area (Å²) in [6.07, 6.45) is 5.61. The molecule has 29 heavy (non-hydrogen) atoms. The highest BCUT2D eigenvalue weighted by atomic mass is 19.1. The van der Waals surface area contributed by atoms with Crippen molar-refractivity contribution in [3.8, 4) is 11.3 Å². The van der Waals surface area contributed by atoms with Crippen LogP contribution in [0.2, 0.25) is 0 Å². The van der Waals surface area contributed by atoms with Crippen LogP contribution in [-0.4, -0.2) is 52.9 Å². The molecular formula is C22H25FN4O2. The third kappa shape index (κ3) is 5.96. The Bertz CT molecular complexity index is 927. The zero-order chi connectivity index (χ0) is 20.6. The number of amides is 1. The van der Waals surface area contributed by atoms with Crippen LogP contribution >= 0.6 is 0 Å². The minimum Gasteiger partial charge on any atom is -0.441 e. The maximum atomic E-state index is 13.9. The Balaban J connectivity index is 1.63. The van der Waals surface area contributed by atoms with Crippen molar-refractivity contribution in [1.29, 1.82) is 0 Å². The van der Waals surface area contributed by atoms with Crippen LogP contribution in [0.4, 0.5) is 4.39 Å². The van der Waals surface area contributed by atoms with Gasteiger partial charge in [0.1, 0.15) is 5.82 Å². The van der Waals surface area contributed by atoms with Crippen LogP contribution in [0.3, 0.4) is 0 Å². The molecule has 0 aliphatic heterocycles. The molecule has 0 N–H and O–H groups in total. The van der Waals surface area contributed by atoms with Gasteiger partial charge in [0.25, 0.3) is 0 Å². The van der Waals surface area contributed by atoms with E-state index in [4.69, 9.17) is 4.42 Å². The molecule has 1 amide bonds. The predicted molar refractivity (Wildman–Crippen MR) is 108 cm³/mol. The van der Waals surface area contributed by atoms with Crippen LogP contribution in [0, 0.1) is 5.82 Å². The number of oxazole rings is 1. The van der Waals surface area contributed by atoms with Crippen molar-refractivity contribution in [2.24, 2.45) is 0 Å². The Morgan fingerprint density at radius 2 is 1.93 bits per heavy atom. The molecule has 0 bridgehead atoms. The fourth-order valence-electron chi connectivity index (χ4n) is 2.91. The number of aromatic nitrogens is 2. The van der Waals surface area contributed by atoms with Gasteiger partial charge in [-0.2, -0.15) is 0 Å². The molecule has 3 aromatic rings. The van der Waals surface area contributed by atoms with E-state index in [-0.39, 0.29) is 18.1 Å². The number of aryl methyl sites for hydroxylation is 1. The Morgan fingerprint density at radius 3 is 2.66 bits per heavy atom. The van der Waals surface area contributed by atoms with Crippen LogP contribution in [0.5, 0.6) is 0 Å². The largest absolute Gasteiger partial charge is 0.441 e. The van der Waals surface area contributed by atoms with Gasteiger partial charge in [-0.3, -0.25) is 9.78 Å². The van der Waals surface area contributed by atoms with Crippen LogP contribution in [-0.2, 0) is 17.8 Å². The summed E-state index contributed by atoms with van der Waals surface area (Å²) < 4.78 is 19.6. The minimum absolute atomic E-state index is 0.0151. The number of carbonyl (C=O) groups is 1. The second-order valence-corrected chi connectivity index (χ2v) is 7.08. The summed E-state index contributed by atoms with van der Waals surface area (Å²) in [6, 6.07) is 10.2. The van der Waals surface area contributed by atoms with Gasteiger partial charge in [-0.15, -0.1) is 0 Å². The van der Waals surface area contributed by atoms with Gasteiger partial charge in [0.2, 0.25) is 5.91 Å². The van der Waals surface area contributed by atoms with E-state index in [0.717, 1.165) is 12.1 Å². The van der Waals surface area contributed by atoms with Gasteiger partial charge >= 0.3 is 0 Å². The van der Waals surface area contributed by atoms with Crippen molar-refractivity contribution in [2.75, 3.05) is 27.2 Å². The number of hydrogen-bond donors (Lipinski definition) is 0. The maximum absolute atomic E-state index is 13.9. The third-order valence-electron chi connectivity index (χ3n) is 4.51. The number of carbonyl (C=O) groups excluding carboxylic acids is 1. The quantitative estimate of drug-likeness (QED) is 0.555. The van der Waals surface area contributed by atoms with Gasteiger partial charge in [0.15, 0.2) is 11.7 Å². The van der Waals surface area contributed by atoms with Gasteiger partial charge in [-0.1, -0.05) is 18.2 Å². The lowest BCUT2D eigenvalue weighted by Gasteiger charge is -2.24. The SMILES string of the molecule is CN(C)CCN(Cc1cccnc1)C(=O)CCc1ncc(-c2ccccc2F)o1. The molecule has 0 saturated carbocycles. The molecule has 0 fully saturated rings. The van der Waals surface area contributed by atoms with Gasteiger partial charge < -0.3 is 14.2 Å². The van der Waals surface area contributed by atoms with E-state index < -0.39 is 0 Å². The molecule has 2 heterocycles. The fraction of sp³-hybridized carbons (Fsp3) is 0.318. The molecule has 0 spiro atoms. The first-order chi connectivity index (χ1) is 14.0. The van der Waals surface area contributed by atoms with Crippen molar-refractivity contribution in [3.05, 3.63) is 72.3 Å². The Morgan fingerprint density at radius 1 is 1.10 bits per heavy atom. The molecule has 2 aromatic heterocycles. The fourth-order valence-corrected chi connectivity index (χ4v) is 2.91. The number of nitrogens with zero attached hydrogens (tertiary/aromatic N) is 4. The lowest BCUT2D eigenvalue weighted by molar-refractivity contribution is -0.132. The highest BCUT2D eigenvalue weighted by Crippen LogP contribution is 2.23. The van der Waals surface area contributed by atoms with Gasteiger partial charge in [0.05, 0.1) is 11.8 Å². The lowest BCUT2D eigenvalue weighted by Crippen LogP contribution is -2.36. The van der Waals surface area contributed by atoms with Crippen molar-refractivity contribution < 1.29 is 13.6 Å². The lowest BCUT2D eigenvalue weighted by atomic mass is 10.2. The summed E-state index contributed by atoms with van der Waals surface area (Å²) >= 11 is 0. The summed E-state index contributed by atoms with van der Waals surface area (Å²) in [5.74, 6) is 0.440. The zero-order valence-electron chi connectivity index (χ0n) is 16.7. The summed E-state index contributed by atoms with van der Waals surface area (Å²) in [5.41, 5.74) is 1.35. The minimum atomic E-state index is -0.363. The second kappa shape index (κ2) is 9.93. The number of halogens is 1. The molecule has 0 unspecified atom stereocenters. The molecule has 1 aromatic carbocycles. The van der Waals surface area contributed by atoms with Crippen molar-refractivity contribution in [1.82, 2.24) is 19.8 Å². The van der Waals surface area contributed by atoms with Crippen molar-refractivity contribution in [3.63, 3.8) is 0 Å². The normalized spacial score (nSPS) is 11.0. The number of likely N-dealkylation sites (N-methyl/N-ethyl adjacent to an activating group) is 1. The van der Waals surface area contributed by atoms with E-state index in [0.29, 0.717) is 36.7 Å². The van der Waals surface area contributed by atoms with Gasteiger partial charge in [-0.25, -0.2) is 9.37 Å². The maximum Gasteiger partial charge on any atom is 0.223 e. The van der Waals surface area contributed by atoms with Gasteiger partial charge in [-0.05, 0) is 37.9 Å². The summed E-state index contributed by atoms with van der Waals surface area (Å²) in [7, 11) is 3.95. The summed E-state index contributed by atoms with van der Waals surface area (Å²) in [6.45, 7) is 1.89. The standard InChI is InChI=1S/C22H25FN4O2/c1-26(2)12-13-27(16-17-6-5-11-24-14-17)22(28)10-9-21-25-15-20(29-21)18-7-3-4-8-19(18)23/h3-8,11,14-15H,9-10,12-13,16H2,1-2H3. The summed E-state index contributed by atoms with van der Waals surface area (Å²) in [5, 5.41) is 0. The molecule has 0 atom stereocenters. The highest BCUT2D eigenvalue weighted by molar-refractivity contribution is 5.76. The average molecular weight is 396 g/mol. The monoisotopic (exact) mass is 396 g/mol. The Labute approximate surface area is 170 Å². The highest BCUT2D eigenvalue weighted by Gasteiger charge is 2.17. The van der Waals surface area contributed by atoms with Crippen molar-refractivity contribution in [2.45, 2.75) is 19.4 Å². The van der Waals surface area contributed by atoms with Crippen LogP contribution in [0.1, 0.15) is 17.9 Å². The van der Waals surface area contributed by atoms with Crippen LogP contribution in [0.25, 0.3) is 11.3 Å². The van der Waals surface area contributed by atoms with Crippen LogP contribution in [0.15, 0.2) is 59.4 Å². The van der Waals surface area contributed by atoms with E-state index in [2.05, 4.69) is 9.97 Å². The second-order valence-electron chi connectivity index (χ2n) is 7.08. The van der Waals surface area contributed by atoms with E-state index in [1.807, 2.05) is 36.0 Å². The van der Waals surface area contributed by atoms with E-state index in [1.165, 1.54) is 12.3 Å². The molecule has 0 radical (unpaired) electrons. The zero-order valence-corrected chi connectivity index (χ0v) is 16.7. The van der Waals surface area contributed by atoms with E-state index >= 15 is 0 Å². The molecule has 0 aliphatic carbocycles. The Hall–Kier alpha value is -3.06.